The van der Waals surface area contributed by atoms with E-state index in [2.05, 4.69) is 33.6 Å². The van der Waals surface area contributed by atoms with Gasteiger partial charge in [-0.2, -0.15) is 0 Å². The lowest BCUT2D eigenvalue weighted by Crippen LogP contribution is -2.06. The summed E-state index contributed by atoms with van der Waals surface area (Å²) in [7, 11) is 0. The highest BCUT2D eigenvalue weighted by Crippen LogP contribution is 2.20. The second-order valence-corrected chi connectivity index (χ2v) is 3.53. The smallest absolute Gasteiger partial charge is 0.330 e. The Bertz CT molecular complexity index is 185. The minimum atomic E-state index is -0.852. The molecule has 0 rings (SSSR count). The fraction of sp³-hybridized carbons (Fsp3) is 0.615. The number of hydrogen-bond acceptors (Lipinski definition) is 1. The van der Waals surface area contributed by atoms with Crippen LogP contribution in [0.3, 0.4) is 0 Å². The van der Waals surface area contributed by atoms with Crippen LogP contribution >= 0.6 is 0 Å². The number of carbonyl (C=O) groups is 1. The topological polar surface area (TPSA) is 37.3 Å². The van der Waals surface area contributed by atoms with Crippen molar-refractivity contribution in [1.29, 1.82) is 0 Å². The van der Waals surface area contributed by atoms with Crippen molar-refractivity contribution in [2.24, 2.45) is 5.92 Å². The summed E-state index contributed by atoms with van der Waals surface area (Å²) in [6, 6.07) is 0. The van der Waals surface area contributed by atoms with Crippen molar-refractivity contribution in [2.75, 3.05) is 0 Å². The van der Waals surface area contributed by atoms with Crippen LogP contribution in [0.2, 0.25) is 0 Å². The second-order valence-electron chi connectivity index (χ2n) is 3.53. The van der Waals surface area contributed by atoms with Gasteiger partial charge in [0.2, 0.25) is 0 Å². The number of hydrogen-bond donors (Lipinski definition) is 1. The van der Waals surface area contributed by atoms with E-state index in [-0.39, 0.29) is 0 Å². The molecule has 0 aromatic heterocycles. The van der Waals surface area contributed by atoms with Gasteiger partial charge in [-0.05, 0) is 12.3 Å². The van der Waals surface area contributed by atoms with Gasteiger partial charge in [-0.15, -0.1) is 13.2 Å². The highest BCUT2D eigenvalue weighted by atomic mass is 16.4. The molecule has 1 atom stereocenters. The lowest BCUT2D eigenvalue weighted by Gasteiger charge is -2.13. The van der Waals surface area contributed by atoms with Gasteiger partial charge in [-0.3, -0.25) is 0 Å². The van der Waals surface area contributed by atoms with Crippen molar-refractivity contribution in [3.63, 3.8) is 0 Å². The second kappa shape index (κ2) is 11.0. The monoisotopic (exact) mass is 212 g/mol. The van der Waals surface area contributed by atoms with Gasteiger partial charge in [0, 0.05) is 5.57 Å². The molecule has 0 aromatic rings. The van der Waals surface area contributed by atoms with Crippen LogP contribution in [0.15, 0.2) is 25.3 Å². The number of rotatable bonds is 7. The van der Waals surface area contributed by atoms with Gasteiger partial charge in [-0.1, -0.05) is 46.1 Å². The third-order valence-corrected chi connectivity index (χ3v) is 2.38. The molecule has 0 fully saturated rings. The predicted molar refractivity (Wildman–Crippen MR) is 66.0 cm³/mol. The van der Waals surface area contributed by atoms with Crippen LogP contribution in [0.25, 0.3) is 0 Å². The normalized spacial score (nSPS) is 11.1. The molecule has 88 valence electrons. The fourth-order valence-corrected chi connectivity index (χ4v) is 1.38. The summed E-state index contributed by atoms with van der Waals surface area (Å²) in [5.41, 5.74) is 0.350. The first-order valence-electron chi connectivity index (χ1n) is 5.52. The molecule has 15 heavy (non-hydrogen) atoms. The van der Waals surface area contributed by atoms with E-state index in [0.717, 1.165) is 12.8 Å². The number of carboxylic acids is 1. The predicted octanol–water partition coefficient (Wildman–Crippen LogP) is 4.04. The van der Waals surface area contributed by atoms with Crippen LogP contribution in [0.5, 0.6) is 0 Å². The Morgan fingerprint density at radius 1 is 1.33 bits per heavy atom. The average Bonchev–Trinajstić information content (AvgIpc) is 2.26. The zero-order chi connectivity index (χ0) is 12.3. The molecule has 1 unspecified atom stereocenters. The lowest BCUT2D eigenvalue weighted by molar-refractivity contribution is -0.132. The van der Waals surface area contributed by atoms with Crippen molar-refractivity contribution in [2.45, 2.75) is 46.0 Å². The molecular formula is C13H24O2. The van der Waals surface area contributed by atoms with E-state index in [0.29, 0.717) is 17.9 Å². The van der Waals surface area contributed by atoms with Crippen molar-refractivity contribution in [3.8, 4) is 0 Å². The molecule has 0 aliphatic heterocycles. The van der Waals surface area contributed by atoms with E-state index in [1.165, 1.54) is 12.8 Å². The first-order chi connectivity index (χ1) is 7.11. The third kappa shape index (κ3) is 9.26. The molecule has 0 aliphatic carbocycles. The Hall–Kier alpha value is -1.05. The summed E-state index contributed by atoms with van der Waals surface area (Å²) in [4.78, 5) is 10.5. The maximum absolute atomic E-state index is 10.5. The molecule has 0 bridgehead atoms. The maximum atomic E-state index is 10.5. The van der Waals surface area contributed by atoms with Gasteiger partial charge >= 0.3 is 5.97 Å². The number of unbranched alkanes of at least 4 members (excludes halogenated alkanes) is 1. The first-order valence-corrected chi connectivity index (χ1v) is 5.52. The number of carboxylic acid groups (broad SMARTS) is 1. The van der Waals surface area contributed by atoms with E-state index in [1.54, 1.807) is 0 Å². The van der Waals surface area contributed by atoms with Crippen LogP contribution in [0, 0.1) is 5.92 Å². The minimum Gasteiger partial charge on any atom is -0.478 e. The van der Waals surface area contributed by atoms with E-state index in [9.17, 15) is 4.79 Å². The minimum absolute atomic E-state index is 0.350. The maximum Gasteiger partial charge on any atom is 0.330 e. The summed E-state index contributed by atoms with van der Waals surface area (Å²) >= 11 is 0. The van der Waals surface area contributed by atoms with E-state index in [4.69, 9.17) is 5.11 Å². The molecule has 0 saturated heterocycles. The largest absolute Gasteiger partial charge is 0.478 e. The molecule has 2 heteroatoms. The van der Waals surface area contributed by atoms with Gasteiger partial charge in [0.05, 0.1) is 0 Å². The zero-order valence-corrected chi connectivity index (χ0v) is 10.1. The molecule has 0 aromatic carbocycles. The first kappa shape index (κ1) is 16.4. The Balaban J connectivity index is 0. The summed E-state index contributed by atoms with van der Waals surface area (Å²) < 4.78 is 0. The van der Waals surface area contributed by atoms with Gasteiger partial charge in [0.15, 0.2) is 0 Å². The molecule has 0 amide bonds. The van der Waals surface area contributed by atoms with Crippen LogP contribution in [-0.2, 0) is 4.79 Å². The summed E-state index contributed by atoms with van der Waals surface area (Å²) in [5, 5.41) is 8.65. The van der Waals surface area contributed by atoms with Crippen LogP contribution in [0.4, 0.5) is 0 Å². The molecular weight excluding hydrogens is 188 g/mol. The molecule has 0 aliphatic rings. The van der Waals surface area contributed by atoms with Crippen molar-refractivity contribution < 1.29 is 9.90 Å². The average molecular weight is 212 g/mol. The quantitative estimate of drug-likeness (QED) is 0.511. The van der Waals surface area contributed by atoms with Gasteiger partial charge in [0.1, 0.15) is 0 Å². The summed E-state index contributed by atoms with van der Waals surface area (Å²) in [5.74, 6) is -0.349. The Kier molecular flexibility index (Phi) is 12.0. The highest BCUT2D eigenvalue weighted by molar-refractivity contribution is 5.85. The Morgan fingerprint density at radius 2 is 1.87 bits per heavy atom. The SMILES string of the molecule is C=C.C=C(CC(CC)CCCC)C(=O)O. The molecule has 0 spiro atoms. The lowest BCUT2D eigenvalue weighted by atomic mass is 9.92. The van der Waals surface area contributed by atoms with Gasteiger partial charge in [-0.25, -0.2) is 4.79 Å². The van der Waals surface area contributed by atoms with E-state index in [1.807, 2.05) is 0 Å². The van der Waals surface area contributed by atoms with Crippen LogP contribution in [0.1, 0.15) is 46.0 Å². The standard InChI is InChI=1S/C11H20O2.C2H4/c1-4-6-7-10(5-2)8-9(3)11(12)13;1-2/h10H,3-8H2,1-2H3,(H,12,13);1-2H2. The van der Waals surface area contributed by atoms with Crippen molar-refractivity contribution in [3.05, 3.63) is 25.3 Å². The number of aliphatic carboxylic acids is 1. The van der Waals surface area contributed by atoms with Gasteiger partial charge in [0.25, 0.3) is 0 Å². The van der Waals surface area contributed by atoms with Crippen LogP contribution in [-0.4, -0.2) is 11.1 Å². The zero-order valence-electron chi connectivity index (χ0n) is 10.1. The summed E-state index contributed by atoms with van der Waals surface area (Å²) in [6.07, 6.45) is 5.18. The third-order valence-electron chi connectivity index (χ3n) is 2.38. The van der Waals surface area contributed by atoms with E-state index < -0.39 is 5.97 Å². The molecule has 0 radical (unpaired) electrons. The Morgan fingerprint density at radius 3 is 2.20 bits per heavy atom. The molecule has 2 nitrogen and oxygen atoms in total. The summed E-state index contributed by atoms with van der Waals surface area (Å²) in [6.45, 7) is 13.8. The molecule has 0 saturated carbocycles. The van der Waals surface area contributed by atoms with Crippen molar-refractivity contribution >= 4 is 5.97 Å². The van der Waals surface area contributed by atoms with Gasteiger partial charge < -0.3 is 5.11 Å². The Labute approximate surface area is 93.7 Å². The van der Waals surface area contributed by atoms with Crippen molar-refractivity contribution in [1.82, 2.24) is 0 Å². The van der Waals surface area contributed by atoms with Crippen LogP contribution < -0.4 is 0 Å². The molecule has 0 heterocycles. The fourth-order valence-electron chi connectivity index (χ4n) is 1.38. The highest BCUT2D eigenvalue weighted by Gasteiger charge is 2.11. The van der Waals surface area contributed by atoms with E-state index >= 15 is 0 Å². The molecule has 1 N–H and O–H groups in total.